The summed E-state index contributed by atoms with van der Waals surface area (Å²) < 4.78 is 6.58. The second-order valence-corrected chi connectivity index (χ2v) is 8.39. The number of pyridine rings is 3. The standard InChI is InChI=1S/C27H28N4O3/c1-18-10-12-28-24(15-18)30-25-17-21-11-13-31(2)27(33)26(21)22(29-25)16-19-6-8-20(9-7-19)23(32)5-4-14-34-3/h6-13,15,17H,4-5,14,16H2,1-3H3,(H,28,29,30). The molecule has 0 amide bonds. The first-order chi connectivity index (χ1) is 16.4. The minimum Gasteiger partial charge on any atom is -0.385 e. The molecule has 0 spiro atoms. The normalized spacial score (nSPS) is 11.0. The molecule has 7 nitrogen and oxygen atoms in total. The molecule has 0 radical (unpaired) electrons. The van der Waals surface area contributed by atoms with Crippen molar-refractivity contribution in [3.63, 3.8) is 0 Å². The van der Waals surface area contributed by atoms with Gasteiger partial charge in [-0.3, -0.25) is 9.59 Å². The highest BCUT2D eigenvalue weighted by Gasteiger charge is 2.13. The number of anilines is 2. The van der Waals surface area contributed by atoms with Crippen LogP contribution in [-0.4, -0.2) is 34.0 Å². The molecular formula is C27H28N4O3. The van der Waals surface area contributed by atoms with Crippen LogP contribution < -0.4 is 10.9 Å². The zero-order valence-corrected chi connectivity index (χ0v) is 19.7. The Morgan fingerprint density at radius 3 is 2.62 bits per heavy atom. The van der Waals surface area contributed by atoms with Crippen molar-refractivity contribution in [2.75, 3.05) is 19.0 Å². The summed E-state index contributed by atoms with van der Waals surface area (Å²) >= 11 is 0. The fourth-order valence-corrected chi connectivity index (χ4v) is 3.89. The minimum absolute atomic E-state index is 0.0924. The van der Waals surface area contributed by atoms with E-state index in [1.165, 1.54) is 0 Å². The summed E-state index contributed by atoms with van der Waals surface area (Å²) in [6.07, 6.45) is 5.12. The maximum Gasteiger partial charge on any atom is 0.260 e. The third-order valence-corrected chi connectivity index (χ3v) is 5.71. The van der Waals surface area contributed by atoms with E-state index in [0.717, 1.165) is 16.5 Å². The van der Waals surface area contributed by atoms with Gasteiger partial charge in [-0.25, -0.2) is 9.97 Å². The molecule has 0 fully saturated rings. The number of aromatic nitrogens is 3. The average Bonchev–Trinajstić information content (AvgIpc) is 2.82. The van der Waals surface area contributed by atoms with Crippen LogP contribution in [0.1, 0.15) is 40.0 Å². The first-order valence-corrected chi connectivity index (χ1v) is 11.2. The van der Waals surface area contributed by atoms with Crippen molar-refractivity contribution in [3.05, 3.63) is 93.7 Å². The SMILES string of the molecule is COCCCC(=O)c1ccc(Cc2nc(Nc3cc(C)ccn3)cc3ccn(C)c(=O)c23)cc1. The quantitative estimate of drug-likeness (QED) is 0.293. The Balaban J connectivity index is 1.66. The monoisotopic (exact) mass is 456 g/mol. The molecule has 0 saturated heterocycles. The number of carbonyl (C=O) groups excluding carboxylic acids is 1. The van der Waals surface area contributed by atoms with Crippen LogP contribution in [0, 0.1) is 6.92 Å². The lowest BCUT2D eigenvalue weighted by Crippen LogP contribution is -2.18. The number of benzene rings is 1. The fourth-order valence-electron chi connectivity index (χ4n) is 3.89. The van der Waals surface area contributed by atoms with E-state index in [4.69, 9.17) is 9.72 Å². The van der Waals surface area contributed by atoms with E-state index < -0.39 is 0 Å². The molecule has 1 aromatic carbocycles. The second-order valence-electron chi connectivity index (χ2n) is 8.39. The number of ketones is 1. The van der Waals surface area contributed by atoms with E-state index in [1.54, 1.807) is 31.1 Å². The number of fused-ring (bicyclic) bond motifs is 1. The summed E-state index contributed by atoms with van der Waals surface area (Å²) in [5.74, 6) is 1.41. The Morgan fingerprint density at radius 2 is 1.88 bits per heavy atom. The number of methoxy groups -OCH3 is 1. The van der Waals surface area contributed by atoms with Crippen molar-refractivity contribution in [3.8, 4) is 0 Å². The molecule has 0 saturated carbocycles. The average molecular weight is 457 g/mol. The van der Waals surface area contributed by atoms with Gasteiger partial charge in [-0.05, 0) is 54.1 Å². The van der Waals surface area contributed by atoms with Crippen LogP contribution in [-0.2, 0) is 18.2 Å². The first-order valence-electron chi connectivity index (χ1n) is 11.2. The van der Waals surface area contributed by atoms with Crippen molar-refractivity contribution >= 4 is 28.2 Å². The van der Waals surface area contributed by atoms with Gasteiger partial charge in [-0.15, -0.1) is 0 Å². The molecule has 0 aliphatic carbocycles. The fraction of sp³-hybridized carbons (Fsp3) is 0.259. The van der Waals surface area contributed by atoms with Gasteiger partial charge in [0.15, 0.2) is 5.78 Å². The number of hydrogen-bond donors (Lipinski definition) is 1. The van der Waals surface area contributed by atoms with Gasteiger partial charge in [0.1, 0.15) is 11.6 Å². The van der Waals surface area contributed by atoms with Crippen LogP contribution in [0.25, 0.3) is 10.8 Å². The highest BCUT2D eigenvalue weighted by atomic mass is 16.5. The van der Waals surface area contributed by atoms with E-state index >= 15 is 0 Å². The van der Waals surface area contributed by atoms with Crippen LogP contribution in [0.2, 0.25) is 0 Å². The Hall–Kier alpha value is -3.84. The molecular weight excluding hydrogens is 428 g/mol. The molecule has 7 heteroatoms. The van der Waals surface area contributed by atoms with Gasteiger partial charge in [0, 0.05) is 51.6 Å². The summed E-state index contributed by atoms with van der Waals surface area (Å²) in [4.78, 5) is 34.5. The van der Waals surface area contributed by atoms with Gasteiger partial charge in [-0.1, -0.05) is 24.3 Å². The van der Waals surface area contributed by atoms with Crippen LogP contribution in [0.4, 0.5) is 11.6 Å². The molecule has 4 rings (SSSR count). The summed E-state index contributed by atoms with van der Waals surface area (Å²) in [6.45, 7) is 2.57. The molecule has 0 unspecified atom stereocenters. The van der Waals surface area contributed by atoms with Gasteiger partial charge in [-0.2, -0.15) is 0 Å². The van der Waals surface area contributed by atoms with Crippen molar-refractivity contribution in [1.29, 1.82) is 0 Å². The van der Waals surface area contributed by atoms with E-state index in [9.17, 15) is 9.59 Å². The van der Waals surface area contributed by atoms with E-state index in [1.807, 2.05) is 55.5 Å². The number of nitrogens with zero attached hydrogens (tertiary/aromatic N) is 3. The summed E-state index contributed by atoms with van der Waals surface area (Å²) in [6, 6.07) is 15.2. The predicted octanol–water partition coefficient (Wildman–Crippen LogP) is 4.58. The van der Waals surface area contributed by atoms with Gasteiger partial charge in [0.05, 0.1) is 11.1 Å². The smallest absolute Gasteiger partial charge is 0.260 e. The predicted molar refractivity (Wildman–Crippen MR) is 134 cm³/mol. The molecule has 0 bridgehead atoms. The highest BCUT2D eigenvalue weighted by Crippen LogP contribution is 2.23. The molecule has 3 heterocycles. The Bertz CT molecular complexity index is 1380. The number of carbonyl (C=O) groups is 1. The van der Waals surface area contributed by atoms with Gasteiger partial charge < -0.3 is 14.6 Å². The van der Waals surface area contributed by atoms with E-state index in [0.29, 0.717) is 54.1 Å². The number of aryl methyl sites for hydroxylation is 2. The number of hydrogen-bond acceptors (Lipinski definition) is 6. The molecule has 0 aliphatic heterocycles. The second kappa shape index (κ2) is 10.4. The maximum absolute atomic E-state index is 13.0. The lowest BCUT2D eigenvalue weighted by molar-refractivity contribution is 0.0963. The van der Waals surface area contributed by atoms with Crippen molar-refractivity contribution in [2.45, 2.75) is 26.2 Å². The Kier molecular flexibility index (Phi) is 7.13. The van der Waals surface area contributed by atoms with Crippen molar-refractivity contribution in [1.82, 2.24) is 14.5 Å². The third-order valence-electron chi connectivity index (χ3n) is 5.71. The van der Waals surface area contributed by atoms with Crippen molar-refractivity contribution in [2.24, 2.45) is 7.05 Å². The zero-order valence-electron chi connectivity index (χ0n) is 19.7. The van der Waals surface area contributed by atoms with Crippen LogP contribution in [0.5, 0.6) is 0 Å². The molecule has 4 aromatic rings. The van der Waals surface area contributed by atoms with Gasteiger partial charge >= 0.3 is 0 Å². The molecule has 34 heavy (non-hydrogen) atoms. The molecule has 3 aromatic heterocycles. The van der Waals surface area contributed by atoms with Gasteiger partial charge in [0.2, 0.25) is 0 Å². The van der Waals surface area contributed by atoms with E-state index in [-0.39, 0.29) is 11.3 Å². The van der Waals surface area contributed by atoms with Gasteiger partial charge in [0.25, 0.3) is 5.56 Å². The molecule has 0 aliphatic rings. The number of nitrogens with one attached hydrogen (secondary N) is 1. The lowest BCUT2D eigenvalue weighted by atomic mass is 10.0. The van der Waals surface area contributed by atoms with Crippen molar-refractivity contribution < 1.29 is 9.53 Å². The minimum atomic E-state index is -0.0924. The summed E-state index contributed by atoms with van der Waals surface area (Å²) in [7, 11) is 3.37. The number of rotatable bonds is 9. The summed E-state index contributed by atoms with van der Waals surface area (Å²) in [5.41, 5.74) is 3.32. The van der Waals surface area contributed by atoms with Crippen LogP contribution >= 0.6 is 0 Å². The molecule has 174 valence electrons. The molecule has 1 N–H and O–H groups in total. The largest absolute Gasteiger partial charge is 0.385 e. The summed E-state index contributed by atoms with van der Waals surface area (Å²) in [5, 5.41) is 4.66. The topological polar surface area (TPSA) is 86.1 Å². The number of Topliss-reactive ketones (excluding diaryl/α,β-unsaturated/α-hetero) is 1. The number of ether oxygens (including phenoxy) is 1. The zero-order chi connectivity index (χ0) is 24.1. The lowest BCUT2D eigenvalue weighted by Gasteiger charge is -2.12. The first kappa shape index (κ1) is 23.3. The van der Waals surface area contributed by atoms with Crippen LogP contribution in [0.3, 0.4) is 0 Å². The maximum atomic E-state index is 13.0. The highest BCUT2D eigenvalue weighted by molar-refractivity contribution is 5.96. The Labute approximate surface area is 198 Å². The third kappa shape index (κ3) is 5.38. The van der Waals surface area contributed by atoms with Crippen LogP contribution in [0.15, 0.2) is 65.7 Å². The van der Waals surface area contributed by atoms with E-state index in [2.05, 4.69) is 10.3 Å². The molecule has 0 atom stereocenters. The Morgan fingerprint density at radius 1 is 1.09 bits per heavy atom.